The van der Waals surface area contributed by atoms with Crippen molar-refractivity contribution in [3.8, 4) is 0 Å². The van der Waals surface area contributed by atoms with Gasteiger partial charge in [0.1, 0.15) is 17.8 Å². The Bertz CT molecular complexity index is 838. The molecule has 2 N–H and O–H groups in total. The molecule has 0 radical (unpaired) electrons. The van der Waals surface area contributed by atoms with Crippen molar-refractivity contribution in [1.82, 2.24) is 19.9 Å². The van der Waals surface area contributed by atoms with Gasteiger partial charge in [-0.1, -0.05) is 20.4 Å². The van der Waals surface area contributed by atoms with Crippen molar-refractivity contribution in [1.29, 1.82) is 0 Å². The fourth-order valence-electron chi connectivity index (χ4n) is 4.30. The average Bonchev–Trinajstić information content (AvgIpc) is 3.39. The molecule has 4 rings (SSSR count). The van der Waals surface area contributed by atoms with Crippen molar-refractivity contribution in [3.05, 3.63) is 30.7 Å². The second-order valence-corrected chi connectivity index (χ2v) is 8.33. The number of anilines is 1. The van der Waals surface area contributed by atoms with Crippen LogP contribution in [0.5, 0.6) is 0 Å². The number of carbonyl (C=O) groups is 1. The van der Waals surface area contributed by atoms with Crippen molar-refractivity contribution in [2.24, 2.45) is 11.8 Å². The van der Waals surface area contributed by atoms with Crippen LogP contribution in [0.3, 0.4) is 0 Å². The first-order chi connectivity index (χ1) is 13.1. The van der Waals surface area contributed by atoms with E-state index in [4.69, 9.17) is 0 Å². The van der Waals surface area contributed by atoms with Crippen LogP contribution < -0.4 is 5.32 Å². The summed E-state index contributed by atoms with van der Waals surface area (Å²) >= 11 is 0. The Kier molecular flexibility index (Phi) is 4.89. The minimum Gasteiger partial charge on any atom is -0.365 e. The van der Waals surface area contributed by atoms with E-state index >= 15 is 0 Å². The minimum atomic E-state index is 0.0177. The molecule has 3 heterocycles. The molecule has 1 saturated heterocycles. The maximum absolute atomic E-state index is 12.4. The van der Waals surface area contributed by atoms with Crippen molar-refractivity contribution >= 4 is 22.8 Å². The first-order valence-corrected chi connectivity index (χ1v) is 10.1. The van der Waals surface area contributed by atoms with Gasteiger partial charge in [0, 0.05) is 24.8 Å². The highest BCUT2D eigenvalue weighted by atomic mass is 16.2. The monoisotopic (exact) mass is 367 g/mol. The van der Waals surface area contributed by atoms with Gasteiger partial charge in [-0.25, -0.2) is 9.97 Å². The number of nitrogens with zero attached hydrogens (tertiary/aromatic N) is 3. The number of piperidine rings is 1. The summed E-state index contributed by atoms with van der Waals surface area (Å²) in [5, 5.41) is 4.72. The molecule has 2 atom stereocenters. The van der Waals surface area contributed by atoms with Crippen LogP contribution in [0.15, 0.2) is 25.2 Å². The summed E-state index contributed by atoms with van der Waals surface area (Å²) in [4.78, 5) is 26.6. The number of H-pyrrole nitrogens is 1. The van der Waals surface area contributed by atoms with E-state index in [1.165, 1.54) is 24.5 Å². The summed E-state index contributed by atoms with van der Waals surface area (Å²) in [5.74, 6) is 2.15. The fraction of sp³-hybridized carbons (Fsp3) is 0.571. The number of aromatic nitrogens is 3. The molecule has 1 amide bonds. The molecule has 1 saturated carbocycles. The molecule has 144 valence electrons. The summed E-state index contributed by atoms with van der Waals surface area (Å²) in [6.45, 7) is 8.72. The molecule has 0 aromatic carbocycles. The highest BCUT2D eigenvalue weighted by Crippen LogP contribution is 2.36. The van der Waals surface area contributed by atoms with E-state index < -0.39 is 0 Å². The molecule has 0 spiro atoms. The highest BCUT2D eigenvalue weighted by molar-refractivity contribution is 5.90. The van der Waals surface area contributed by atoms with Crippen molar-refractivity contribution in [3.63, 3.8) is 0 Å². The molecule has 1 aliphatic carbocycles. The Morgan fingerprint density at radius 2 is 2.19 bits per heavy atom. The average molecular weight is 367 g/mol. The third-order valence-corrected chi connectivity index (χ3v) is 5.95. The van der Waals surface area contributed by atoms with E-state index in [-0.39, 0.29) is 18.0 Å². The SMILES string of the molecule is C=CC(=O)N1C[C@H](Nc2ncnc3[nH]cc(CC4CC4)c23)CCC1C(C)C. The van der Waals surface area contributed by atoms with Crippen molar-refractivity contribution < 1.29 is 4.79 Å². The summed E-state index contributed by atoms with van der Waals surface area (Å²) in [5.41, 5.74) is 2.18. The standard InChI is InChI=1S/C21H29N5O/c1-4-18(27)26-11-16(7-8-17(26)13(2)3)25-21-19-15(9-14-5-6-14)10-22-20(19)23-12-24-21/h4,10,12-14,16-17H,1,5-9,11H2,2-3H3,(H2,22,23,24,25)/t16-,17?/m1/s1. The predicted molar refractivity (Wildman–Crippen MR) is 107 cm³/mol. The molecular formula is C21H29N5O. The second-order valence-electron chi connectivity index (χ2n) is 8.33. The van der Waals surface area contributed by atoms with Crippen LogP contribution in [0, 0.1) is 11.8 Å². The Hall–Kier alpha value is -2.37. The molecule has 0 bridgehead atoms. The zero-order valence-corrected chi connectivity index (χ0v) is 16.2. The second kappa shape index (κ2) is 7.33. The molecule has 2 fully saturated rings. The fourth-order valence-corrected chi connectivity index (χ4v) is 4.30. The first-order valence-electron chi connectivity index (χ1n) is 10.1. The van der Waals surface area contributed by atoms with E-state index in [1.54, 1.807) is 6.33 Å². The largest absolute Gasteiger partial charge is 0.365 e. The topological polar surface area (TPSA) is 73.9 Å². The van der Waals surface area contributed by atoms with Crippen LogP contribution in [-0.2, 0) is 11.2 Å². The van der Waals surface area contributed by atoms with Gasteiger partial charge in [-0.15, -0.1) is 0 Å². The Morgan fingerprint density at radius 3 is 2.89 bits per heavy atom. The van der Waals surface area contributed by atoms with Crippen LogP contribution in [0.4, 0.5) is 5.82 Å². The maximum atomic E-state index is 12.4. The van der Waals surface area contributed by atoms with Gasteiger partial charge in [-0.2, -0.15) is 0 Å². The van der Waals surface area contributed by atoms with Crippen molar-refractivity contribution in [2.45, 2.75) is 58.0 Å². The summed E-state index contributed by atoms with van der Waals surface area (Å²) < 4.78 is 0. The van der Waals surface area contributed by atoms with Gasteiger partial charge in [0.15, 0.2) is 0 Å². The van der Waals surface area contributed by atoms with Gasteiger partial charge in [0.05, 0.1) is 5.39 Å². The summed E-state index contributed by atoms with van der Waals surface area (Å²) in [6.07, 6.45) is 10.9. The van der Waals surface area contributed by atoms with E-state index in [9.17, 15) is 4.79 Å². The van der Waals surface area contributed by atoms with Gasteiger partial charge in [0.2, 0.25) is 5.91 Å². The molecule has 2 aromatic rings. The summed E-state index contributed by atoms with van der Waals surface area (Å²) in [6, 6.07) is 0.460. The van der Waals surface area contributed by atoms with Crippen LogP contribution in [-0.4, -0.2) is 44.4 Å². The van der Waals surface area contributed by atoms with Crippen molar-refractivity contribution in [2.75, 3.05) is 11.9 Å². The normalized spacial score (nSPS) is 23.0. The van der Waals surface area contributed by atoms with E-state index in [1.807, 2.05) is 4.90 Å². The lowest BCUT2D eigenvalue weighted by Crippen LogP contribution is -2.52. The zero-order valence-electron chi connectivity index (χ0n) is 16.2. The summed E-state index contributed by atoms with van der Waals surface area (Å²) in [7, 11) is 0. The Morgan fingerprint density at radius 1 is 1.37 bits per heavy atom. The third kappa shape index (κ3) is 3.70. The van der Waals surface area contributed by atoms with Gasteiger partial charge >= 0.3 is 0 Å². The van der Waals surface area contributed by atoms with Crippen LogP contribution in [0.25, 0.3) is 11.0 Å². The molecule has 2 aromatic heterocycles. The quantitative estimate of drug-likeness (QED) is 0.766. The van der Waals surface area contributed by atoms with Crippen LogP contribution >= 0.6 is 0 Å². The molecule has 6 heteroatoms. The number of likely N-dealkylation sites (tertiary alicyclic amines) is 1. The van der Waals surface area contributed by atoms with Gasteiger partial charge < -0.3 is 15.2 Å². The molecular weight excluding hydrogens is 338 g/mol. The lowest BCUT2D eigenvalue weighted by molar-refractivity contribution is -0.130. The van der Waals surface area contributed by atoms with Crippen LogP contribution in [0.1, 0.15) is 45.1 Å². The van der Waals surface area contributed by atoms with E-state index in [2.05, 4.69) is 46.9 Å². The molecule has 6 nitrogen and oxygen atoms in total. The van der Waals surface area contributed by atoms with E-state index in [0.29, 0.717) is 12.5 Å². The lowest BCUT2D eigenvalue weighted by Gasteiger charge is -2.41. The Balaban J connectivity index is 1.56. The number of rotatable bonds is 6. The number of nitrogens with one attached hydrogen (secondary N) is 2. The Labute approximate surface area is 160 Å². The maximum Gasteiger partial charge on any atom is 0.246 e. The van der Waals surface area contributed by atoms with Gasteiger partial charge in [-0.05, 0) is 55.6 Å². The van der Waals surface area contributed by atoms with Gasteiger partial charge in [0.25, 0.3) is 0 Å². The number of hydrogen-bond acceptors (Lipinski definition) is 4. The number of aromatic amines is 1. The molecule has 1 unspecified atom stereocenters. The lowest BCUT2D eigenvalue weighted by atomic mass is 9.90. The number of carbonyl (C=O) groups excluding carboxylic acids is 1. The number of hydrogen-bond donors (Lipinski definition) is 2. The van der Waals surface area contributed by atoms with E-state index in [0.717, 1.165) is 42.0 Å². The zero-order chi connectivity index (χ0) is 19.0. The van der Waals surface area contributed by atoms with Gasteiger partial charge in [-0.3, -0.25) is 4.79 Å². The molecule has 1 aliphatic heterocycles. The predicted octanol–water partition coefficient (Wildman–Crippen LogP) is 3.52. The number of amides is 1. The minimum absolute atomic E-state index is 0.0177. The first kappa shape index (κ1) is 18.0. The number of fused-ring (bicyclic) bond motifs is 1. The molecule has 27 heavy (non-hydrogen) atoms. The molecule has 2 aliphatic rings. The van der Waals surface area contributed by atoms with Crippen LogP contribution in [0.2, 0.25) is 0 Å². The smallest absolute Gasteiger partial charge is 0.246 e. The third-order valence-electron chi connectivity index (χ3n) is 5.95. The highest BCUT2D eigenvalue weighted by Gasteiger charge is 2.33.